The number of amides is 1. The molecule has 1 aliphatic rings. The second-order valence-corrected chi connectivity index (χ2v) is 5.12. The summed E-state index contributed by atoms with van der Waals surface area (Å²) < 4.78 is 5.25. The monoisotopic (exact) mass is 333 g/mol. The van der Waals surface area contributed by atoms with Gasteiger partial charge in [0.15, 0.2) is 0 Å². The Morgan fingerprint density at radius 1 is 1.38 bits per heavy atom. The number of nitro benzene ring substituents is 1. The third-order valence-corrected chi connectivity index (χ3v) is 3.52. The third-order valence-electron chi connectivity index (χ3n) is 3.52. The van der Waals surface area contributed by atoms with E-state index >= 15 is 0 Å². The van der Waals surface area contributed by atoms with Gasteiger partial charge in [-0.2, -0.15) is 4.80 Å². The summed E-state index contributed by atoms with van der Waals surface area (Å²) in [5.74, 6) is -0.512. The minimum absolute atomic E-state index is 0.0300. The highest BCUT2D eigenvalue weighted by Gasteiger charge is 2.23. The van der Waals surface area contributed by atoms with Crippen molar-refractivity contribution < 1.29 is 14.5 Å². The summed E-state index contributed by atoms with van der Waals surface area (Å²) in [6.07, 6.45) is 0. The number of carbonyl (C=O) groups excluding carboxylic acids is 1. The molecule has 0 aliphatic carbocycles. The maximum absolute atomic E-state index is 12.2. The number of benzene rings is 1. The van der Waals surface area contributed by atoms with Gasteiger partial charge in [0.05, 0.1) is 25.2 Å². The fourth-order valence-electron chi connectivity index (χ4n) is 2.39. The minimum Gasteiger partial charge on any atom is -0.378 e. The van der Waals surface area contributed by atoms with Crippen LogP contribution in [0.1, 0.15) is 10.4 Å². The van der Waals surface area contributed by atoms with Crippen LogP contribution >= 0.6 is 0 Å². The van der Waals surface area contributed by atoms with Crippen molar-refractivity contribution in [2.24, 2.45) is 7.05 Å². The lowest BCUT2D eigenvalue weighted by molar-refractivity contribution is -0.384. The first kappa shape index (κ1) is 15.8. The lowest BCUT2D eigenvalue weighted by Crippen LogP contribution is -2.36. The second-order valence-electron chi connectivity index (χ2n) is 5.12. The Morgan fingerprint density at radius 3 is 2.75 bits per heavy atom. The third kappa shape index (κ3) is 3.30. The predicted molar refractivity (Wildman–Crippen MR) is 82.9 cm³/mol. The van der Waals surface area contributed by atoms with Crippen molar-refractivity contribution in [3.63, 3.8) is 0 Å². The maximum Gasteiger partial charge on any atom is 0.293 e. The Morgan fingerprint density at radius 2 is 2.12 bits per heavy atom. The molecule has 0 spiro atoms. The van der Waals surface area contributed by atoms with E-state index in [1.54, 1.807) is 13.1 Å². The molecular weight excluding hydrogens is 318 g/mol. The van der Waals surface area contributed by atoms with Gasteiger partial charge in [0, 0.05) is 24.7 Å². The zero-order valence-electron chi connectivity index (χ0n) is 12.9. The van der Waals surface area contributed by atoms with Gasteiger partial charge in [0.25, 0.3) is 17.5 Å². The molecule has 1 fully saturated rings. The molecule has 24 heavy (non-hydrogen) atoms. The van der Waals surface area contributed by atoms with Gasteiger partial charge in [-0.1, -0.05) is 5.10 Å². The van der Waals surface area contributed by atoms with Crippen LogP contribution in [0.2, 0.25) is 0 Å². The zero-order chi connectivity index (χ0) is 17.1. The molecular formula is C13H15N7O4. The molecule has 11 heteroatoms. The van der Waals surface area contributed by atoms with E-state index in [9.17, 15) is 14.9 Å². The van der Waals surface area contributed by atoms with Crippen molar-refractivity contribution in [3.8, 4) is 0 Å². The SMILES string of the molecule is Cn1nnc(NC(=O)c2ccc(N3CCOCC3)c([N+](=O)[O-])c2)n1. The van der Waals surface area contributed by atoms with E-state index in [0.717, 1.165) is 0 Å². The summed E-state index contributed by atoms with van der Waals surface area (Å²) in [6.45, 7) is 2.15. The lowest BCUT2D eigenvalue weighted by atomic mass is 10.1. The average molecular weight is 333 g/mol. The molecule has 3 rings (SSSR count). The average Bonchev–Trinajstić information content (AvgIpc) is 3.00. The number of ether oxygens (including phenoxy) is 1. The van der Waals surface area contributed by atoms with Gasteiger partial charge in [0.1, 0.15) is 5.69 Å². The first-order chi connectivity index (χ1) is 11.5. The molecule has 1 aromatic heterocycles. The summed E-state index contributed by atoms with van der Waals surface area (Å²) in [5.41, 5.74) is 0.486. The van der Waals surface area contributed by atoms with Crippen LogP contribution < -0.4 is 10.2 Å². The first-order valence-electron chi connectivity index (χ1n) is 7.21. The number of hydrogen-bond acceptors (Lipinski definition) is 8. The highest BCUT2D eigenvalue weighted by atomic mass is 16.6. The number of nitrogens with one attached hydrogen (secondary N) is 1. The van der Waals surface area contributed by atoms with Crippen LogP contribution in [0, 0.1) is 10.1 Å². The number of nitrogens with zero attached hydrogens (tertiary/aromatic N) is 6. The quantitative estimate of drug-likeness (QED) is 0.621. The Bertz CT molecular complexity index is 769. The number of morpholine rings is 1. The normalized spacial score (nSPS) is 14.5. The van der Waals surface area contributed by atoms with E-state index in [1.165, 1.54) is 16.9 Å². The molecule has 126 valence electrons. The van der Waals surface area contributed by atoms with Gasteiger partial charge in [0.2, 0.25) is 0 Å². The van der Waals surface area contributed by atoms with Crippen LogP contribution in [0.15, 0.2) is 18.2 Å². The van der Waals surface area contributed by atoms with Gasteiger partial charge in [-0.15, -0.1) is 5.10 Å². The zero-order valence-corrected chi connectivity index (χ0v) is 12.9. The molecule has 2 aromatic rings. The second kappa shape index (κ2) is 6.58. The molecule has 1 saturated heterocycles. The number of hydrogen-bond donors (Lipinski definition) is 1. The summed E-state index contributed by atoms with van der Waals surface area (Å²) in [6, 6.07) is 4.35. The minimum atomic E-state index is -0.542. The topological polar surface area (TPSA) is 128 Å². The van der Waals surface area contributed by atoms with Crippen molar-refractivity contribution in [1.29, 1.82) is 0 Å². The standard InChI is InChI=1S/C13H15N7O4/c1-18-16-13(15-17-18)14-12(21)9-2-3-10(11(8-9)20(22)23)19-4-6-24-7-5-19/h2-3,8H,4-7H2,1H3,(H,14,16,21). The fraction of sp³-hybridized carbons (Fsp3) is 0.385. The maximum atomic E-state index is 12.2. The Balaban J connectivity index is 1.85. The highest BCUT2D eigenvalue weighted by molar-refractivity contribution is 6.04. The van der Waals surface area contributed by atoms with Crippen molar-refractivity contribution in [2.45, 2.75) is 0 Å². The van der Waals surface area contributed by atoms with E-state index in [-0.39, 0.29) is 17.2 Å². The number of tetrazole rings is 1. The van der Waals surface area contributed by atoms with Crippen molar-refractivity contribution in [1.82, 2.24) is 20.2 Å². The first-order valence-corrected chi connectivity index (χ1v) is 7.21. The highest BCUT2D eigenvalue weighted by Crippen LogP contribution is 2.30. The predicted octanol–water partition coefficient (Wildman–Crippen LogP) is 0.207. The fourth-order valence-corrected chi connectivity index (χ4v) is 2.39. The molecule has 0 saturated carbocycles. The van der Waals surface area contributed by atoms with E-state index in [0.29, 0.717) is 32.0 Å². The summed E-state index contributed by atoms with van der Waals surface area (Å²) in [5, 5.41) is 24.9. The van der Waals surface area contributed by atoms with Crippen LogP contribution in [-0.4, -0.2) is 57.3 Å². The molecule has 11 nitrogen and oxygen atoms in total. The summed E-state index contributed by atoms with van der Waals surface area (Å²) in [4.78, 5) is 26.1. The summed E-state index contributed by atoms with van der Waals surface area (Å²) in [7, 11) is 1.56. The van der Waals surface area contributed by atoms with Crippen LogP contribution in [0.5, 0.6) is 0 Å². The molecule has 0 bridgehead atoms. The smallest absolute Gasteiger partial charge is 0.293 e. The van der Waals surface area contributed by atoms with Crippen molar-refractivity contribution in [3.05, 3.63) is 33.9 Å². The van der Waals surface area contributed by atoms with Crippen molar-refractivity contribution in [2.75, 3.05) is 36.5 Å². The number of aryl methyl sites for hydroxylation is 1. The molecule has 1 amide bonds. The van der Waals surface area contributed by atoms with Crippen LogP contribution in [0.3, 0.4) is 0 Å². The summed E-state index contributed by atoms with van der Waals surface area (Å²) >= 11 is 0. The molecule has 0 radical (unpaired) electrons. The van der Waals surface area contributed by atoms with Gasteiger partial charge in [-0.25, -0.2) is 0 Å². The molecule has 0 atom stereocenters. The molecule has 1 aromatic carbocycles. The number of anilines is 2. The van der Waals surface area contributed by atoms with Crippen LogP contribution in [0.25, 0.3) is 0 Å². The van der Waals surface area contributed by atoms with Gasteiger partial charge >= 0.3 is 0 Å². The van der Waals surface area contributed by atoms with E-state index in [4.69, 9.17) is 4.74 Å². The van der Waals surface area contributed by atoms with Gasteiger partial charge in [-0.05, 0) is 17.3 Å². The molecule has 1 aliphatic heterocycles. The lowest BCUT2D eigenvalue weighted by Gasteiger charge is -2.28. The van der Waals surface area contributed by atoms with Gasteiger partial charge < -0.3 is 9.64 Å². The van der Waals surface area contributed by atoms with E-state index in [2.05, 4.69) is 20.7 Å². The van der Waals surface area contributed by atoms with Gasteiger partial charge in [-0.3, -0.25) is 20.2 Å². The van der Waals surface area contributed by atoms with Crippen molar-refractivity contribution >= 4 is 23.2 Å². The molecule has 1 N–H and O–H groups in total. The Kier molecular flexibility index (Phi) is 4.33. The molecule has 0 unspecified atom stereocenters. The number of aromatic nitrogens is 4. The number of rotatable bonds is 4. The number of carbonyl (C=O) groups is 1. The largest absolute Gasteiger partial charge is 0.378 e. The Hall–Kier alpha value is -3.08. The van der Waals surface area contributed by atoms with E-state index in [1.807, 2.05) is 4.90 Å². The number of nitro groups is 1. The Labute approximate surface area is 136 Å². The van der Waals surface area contributed by atoms with Crippen LogP contribution in [-0.2, 0) is 11.8 Å². The van der Waals surface area contributed by atoms with E-state index < -0.39 is 10.8 Å². The molecule has 2 heterocycles. The van der Waals surface area contributed by atoms with Crippen LogP contribution in [0.4, 0.5) is 17.3 Å².